The lowest BCUT2D eigenvalue weighted by molar-refractivity contribution is -0.142. The summed E-state index contributed by atoms with van der Waals surface area (Å²) in [4.78, 5) is 18.9. The van der Waals surface area contributed by atoms with Gasteiger partial charge in [0.05, 0.1) is 12.3 Å². The lowest BCUT2D eigenvalue weighted by Crippen LogP contribution is -2.37. The van der Waals surface area contributed by atoms with Crippen molar-refractivity contribution in [3.05, 3.63) is 17.2 Å². The van der Waals surface area contributed by atoms with Crippen molar-refractivity contribution < 1.29 is 9.53 Å². The molecule has 0 unspecified atom stereocenters. The quantitative estimate of drug-likeness (QED) is 0.777. The van der Waals surface area contributed by atoms with Crippen LogP contribution >= 0.6 is 0 Å². The molecule has 1 aromatic heterocycles. The summed E-state index contributed by atoms with van der Waals surface area (Å²) in [6.07, 6.45) is 6.82. The Morgan fingerprint density at radius 1 is 1.24 bits per heavy atom. The minimum atomic E-state index is -0.0277. The van der Waals surface area contributed by atoms with Crippen LogP contribution in [0.15, 0.2) is 0 Å². The van der Waals surface area contributed by atoms with E-state index in [1.807, 2.05) is 0 Å². The van der Waals surface area contributed by atoms with Gasteiger partial charge in [0.25, 0.3) is 0 Å². The molecule has 2 fully saturated rings. The maximum Gasteiger partial charge on any atom is 0.323 e. The Balaban J connectivity index is 1.56. The first-order valence-electron chi connectivity index (χ1n) is 8.21. The molecular weight excluding hydrogens is 266 g/mol. The number of aromatic nitrogens is 2. The van der Waals surface area contributed by atoms with Crippen LogP contribution in [0.1, 0.15) is 48.9 Å². The molecule has 21 heavy (non-hydrogen) atoms. The number of cyclic esters (lactones) is 1. The zero-order valence-electron chi connectivity index (χ0n) is 12.7. The summed E-state index contributed by atoms with van der Waals surface area (Å²) >= 11 is 0. The predicted octanol–water partition coefficient (Wildman–Crippen LogP) is 1.63. The van der Waals surface area contributed by atoms with Gasteiger partial charge in [0.2, 0.25) is 0 Å². The Morgan fingerprint density at radius 3 is 2.90 bits per heavy atom. The molecule has 5 nitrogen and oxygen atoms in total. The third-order valence-electron chi connectivity index (χ3n) is 5.25. The van der Waals surface area contributed by atoms with E-state index >= 15 is 0 Å². The molecule has 0 spiro atoms. The molecule has 2 atom stereocenters. The lowest BCUT2D eigenvalue weighted by atomic mass is 10.0. The van der Waals surface area contributed by atoms with Crippen molar-refractivity contribution >= 4 is 5.97 Å². The molecule has 0 saturated carbocycles. The number of hydrogen-bond donors (Lipinski definition) is 0. The molecule has 2 saturated heterocycles. The number of aryl methyl sites for hydroxylation is 2. The maximum absolute atomic E-state index is 11.8. The van der Waals surface area contributed by atoms with E-state index in [2.05, 4.69) is 16.4 Å². The van der Waals surface area contributed by atoms with E-state index in [1.165, 1.54) is 24.2 Å². The maximum atomic E-state index is 11.8. The number of esters is 1. The first-order chi connectivity index (χ1) is 10.2. The first kappa shape index (κ1) is 13.3. The molecule has 0 amide bonds. The van der Waals surface area contributed by atoms with Gasteiger partial charge in [-0.05, 0) is 39.0 Å². The SMILES string of the molecule is Cc1nc2c(n1[C@H]1CCN([C@@H]3CCOC3=O)C1)CCCC2. The minimum absolute atomic E-state index is 0.00495. The predicted molar refractivity (Wildman–Crippen MR) is 78.2 cm³/mol. The fraction of sp³-hybridized carbons (Fsp3) is 0.750. The van der Waals surface area contributed by atoms with Crippen LogP contribution in [-0.4, -0.2) is 46.2 Å². The van der Waals surface area contributed by atoms with Gasteiger partial charge in [-0.1, -0.05) is 0 Å². The van der Waals surface area contributed by atoms with Crippen molar-refractivity contribution in [1.82, 2.24) is 14.5 Å². The van der Waals surface area contributed by atoms with Crippen molar-refractivity contribution in [1.29, 1.82) is 0 Å². The van der Waals surface area contributed by atoms with Gasteiger partial charge in [-0.3, -0.25) is 9.69 Å². The normalized spacial score (nSPS) is 29.7. The van der Waals surface area contributed by atoms with Gasteiger partial charge in [-0.2, -0.15) is 0 Å². The second kappa shape index (κ2) is 5.13. The summed E-state index contributed by atoms with van der Waals surface area (Å²) < 4.78 is 7.59. The zero-order valence-corrected chi connectivity index (χ0v) is 12.7. The number of fused-ring (bicyclic) bond motifs is 1. The summed E-state index contributed by atoms with van der Waals surface area (Å²) in [6.45, 7) is 4.68. The van der Waals surface area contributed by atoms with Crippen LogP contribution < -0.4 is 0 Å². The number of carbonyl (C=O) groups is 1. The second-order valence-electron chi connectivity index (χ2n) is 6.54. The molecule has 114 valence electrons. The molecule has 2 aliphatic heterocycles. The van der Waals surface area contributed by atoms with Crippen LogP contribution in [0.4, 0.5) is 0 Å². The number of ether oxygens (including phenoxy) is 1. The smallest absolute Gasteiger partial charge is 0.323 e. The monoisotopic (exact) mass is 289 g/mol. The van der Waals surface area contributed by atoms with E-state index in [9.17, 15) is 4.79 Å². The third-order valence-corrected chi connectivity index (χ3v) is 5.25. The first-order valence-corrected chi connectivity index (χ1v) is 8.21. The number of rotatable bonds is 2. The number of imidazole rings is 1. The van der Waals surface area contributed by atoms with Crippen molar-refractivity contribution in [3.8, 4) is 0 Å². The van der Waals surface area contributed by atoms with Crippen LogP contribution in [0.5, 0.6) is 0 Å². The molecule has 1 aromatic rings. The number of nitrogens with zero attached hydrogens (tertiary/aromatic N) is 3. The summed E-state index contributed by atoms with van der Waals surface area (Å²) in [5.74, 6) is 1.13. The van der Waals surface area contributed by atoms with Crippen LogP contribution in [0, 0.1) is 6.92 Å². The molecule has 4 rings (SSSR count). The highest BCUT2D eigenvalue weighted by atomic mass is 16.5. The zero-order chi connectivity index (χ0) is 14.4. The molecule has 3 heterocycles. The van der Waals surface area contributed by atoms with Crippen LogP contribution in [-0.2, 0) is 22.4 Å². The Morgan fingerprint density at radius 2 is 2.10 bits per heavy atom. The molecule has 0 bridgehead atoms. The van der Waals surface area contributed by atoms with Crippen LogP contribution in [0.25, 0.3) is 0 Å². The van der Waals surface area contributed by atoms with Gasteiger partial charge in [0.15, 0.2) is 0 Å². The third kappa shape index (κ3) is 2.18. The van der Waals surface area contributed by atoms with E-state index in [-0.39, 0.29) is 12.0 Å². The Labute approximate surface area is 125 Å². The topological polar surface area (TPSA) is 47.4 Å². The molecule has 1 aliphatic carbocycles. The van der Waals surface area contributed by atoms with Crippen LogP contribution in [0.2, 0.25) is 0 Å². The molecule has 0 N–H and O–H groups in total. The number of hydrogen-bond acceptors (Lipinski definition) is 4. The Bertz CT molecular complexity index is 566. The van der Waals surface area contributed by atoms with Gasteiger partial charge in [-0.25, -0.2) is 4.98 Å². The highest BCUT2D eigenvalue weighted by Crippen LogP contribution is 2.32. The average molecular weight is 289 g/mol. The largest absolute Gasteiger partial charge is 0.464 e. The standard InChI is InChI=1S/C16H23N3O2/c1-11-17-13-4-2-3-5-14(13)19(11)12-6-8-18(10-12)15-7-9-21-16(15)20/h12,15H,2-10H2,1H3/t12-,15+/m0/s1. The fourth-order valence-electron chi connectivity index (χ4n) is 4.26. The van der Waals surface area contributed by atoms with Crippen molar-refractivity contribution in [3.63, 3.8) is 0 Å². The van der Waals surface area contributed by atoms with Crippen LogP contribution in [0.3, 0.4) is 0 Å². The van der Waals surface area contributed by atoms with Gasteiger partial charge in [0, 0.05) is 31.2 Å². The second-order valence-corrected chi connectivity index (χ2v) is 6.54. The number of carbonyl (C=O) groups excluding carboxylic acids is 1. The van der Waals surface area contributed by atoms with E-state index in [0.717, 1.165) is 44.6 Å². The molecule has 3 aliphatic rings. The van der Waals surface area contributed by atoms with Gasteiger partial charge < -0.3 is 9.30 Å². The summed E-state index contributed by atoms with van der Waals surface area (Å²) in [6, 6.07) is 0.474. The van der Waals surface area contributed by atoms with E-state index in [4.69, 9.17) is 9.72 Å². The Hall–Kier alpha value is -1.36. The summed E-state index contributed by atoms with van der Waals surface area (Å²) in [5, 5.41) is 0. The molecule has 0 radical (unpaired) electrons. The van der Waals surface area contributed by atoms with Gasteiger partial charge in [-0.15, -0.1) is 0 Å². The minimum Gasteiger partial charge on any atom is -0.464 e. The van der Waals surface area contributed by atoms with E-state index in [1.54, 1.807) is 0 Å². The number of likely N-dealkylation sites (tertiary alicyclic amines) is 1. The van der Waals surface area contributed by atoms with Crippen molar-refractivity contribution in [2.45, 2.75) is 57.5 Å². The van der Waals surface area contributed by atoms with E-state index < -0.39 is 0 Å². The molecule has 0 aromatic carbocycles. The van der Waals surface area contributed by atoms with Gasteiger partial charge in [0.1, 0.15) is 11.9 Å². The average Bonchev–Trinajstić information content (AvgIpc) is 3.15. The molecular formula is C16H23N3O2. The lowest BCUT2D eigenvalue weighted by Gasteiger charge is -2.23. The highest BCUT2D eigenvalue weighted by molar-refractivity contribution is 5.77. The molecule has 5 heteroatoms. The fourth-order valence-corrected chi connectivity index (χ4v) is 4.26. The highest BCUT2D eigenvalue weighted by Gasteiger charge is 2.38. The van der Waals surface area contributed by atoms with Crippen molar-refractivity contribution in [2.75, 3.05) is 19.7 Å². The summed E-state index contributed by atoms with van der Waals surface area (Å²) in [7, 11) is 0. The van der Waals surface area contributed by atoms with Crippen molar-refractivity contribution in [2.24, 2.45) is 0 Å². The van der Waals surface area contributed by atoms with E-state index in [0.29, 0.717) is 12.6 Å². The van der Waals surface area contributed by atoms with Gasteiger partial charge >= 0.3 is 5.97 Å². The Kier molecular flexibility index (Phi) is 3.25. The summed E-state index contributed by atoms with van der Waals surface area (Å²) in [5.41, 5.74) is 2.78.